The predicted molar refractivity (Wildman–Crippen MR) is 105 cm³/mol. The number of amides is 2. The van der Waals surface area contributed by atoms with Gasteiger partial charge in [0.1, 0.15) is 8.76 Å². The Bertz CT molecular complexity index is 1810. The fourth-order valence-electron chi connectivity index (χ4n) is 3.51. The number of benzene rings is 2. The summed E-state index contributed by atoms with van der Waals surface area (Å²) >= 11 is 0. The van der Waals surface area contributed by atoms with E-state index < -0.39 is 125 Å². The topological polar surface area (TPSA) is 74.9 Å². The zero-order valence-corrected chi connectivity index (χ0v) is 14.7. The summed E-state index contributed by atoms with van der Waals surface area (Å²) in [6.45, 7) is -3.62. The Hall–Kier alpha value is -3.48. The van der Waals surface area contributed by atoms with E-state index in [4.69, 9.17) is 24.6 Å². The summed E-state index contributed by atoms with van der Waals surface area (Å²) in [6, 6.07) is -12.2. The van der Waals surface area contributed by atoms with E-state index in [9.17, 15) is 12.3 Å². The first-order valence-corrected chi connectivity index (χ1v) is 8.49. The van der Waals surface area contributed by atoms with Crippen LogP contribution in [0.3, 0.4) is 0 Å². The summed E-state index contributed by atoms with van der Waals surface area (Å²) in [7, 11) is 1.13. The van der Waals surface area contributed by atoms with Crippen LogP contribution in [0.5, 0.6) is 11.5 Å². The molecule has 1 aromatic heterocycles. The molecule has 2 aromatic carbocycles. The maximum Gasteiger partial charge on any atom is 0.245 e. The van der Waals surface area contributed by atoms with Crippen LogP contribution in [-0.2, 0) is 16.0 Å². The Labute approximate surface area is 185 Å². The van der Waals surface area contributed by atoms with Crippen molar-refractivity contribution in [1.82, 2.24) is 14.8 Å². The largest absolute Gasteiger partial charge is 0.454 e. The summed E-state index contributed by atoms with van der Waals surface area (Å²) < 4.78 is 122. The van der Waals surface area contributed by atoms with Crippen LogP contribution in [0, 0.1) is 0 Å². The Morgan fingerprint density at radius 2 is 2.03 bits per heavy atom. The third kappa shape index (κ3) is 2.24. The second-order valence-electron chi connectivity index (χ2n) is 6.53. The van der Waals surface area contributed by atoms with Crippen LogP contribution in [-0.4, -0.2) is 53.0 Å². The van der Waals surface area contributed by atoms with Crippen LogP contribution in [0.15, 0.2) is 42.3 Å². The maximum atomic E-state index is 13.7. The first kappa shape index (κ1) is 8.10. The predicted octanol–water partition coefficient (Wildman–Crippen LogP) is 2.21. The van der Waals surface area contributed by atoms with Gasteiger partial charge in [0.25, 0.3) is 0 Å². The lowest BCUT2D eigenvalue weighted by Gasteiger charge is -2.46. The smallest absolute Gasteiger partial charge is 0.245 e. The highest BCUT2D eigenvalue weighted by atomic mass is 16.7. The van der Waals surface area contributed by atoms with Gasteiger partial charge >= 0.3 is 0 Å². The Kier molecular flexibility index (Phi) is 1.61. The molecule has 0 saturated carbocycles. The second kappa shape index (κ2) is 5.76. The van der Waals surface area contributed by atoms with Crippen LogP contribution in [0.2, 0.25) is 0 Å². The van der Waals surface area contributed by atoms with E-state index in [1.807, 2.05) is 0 Å². The number of carbonyl (C=O) groups excluding carboxylic acids is 2. The monoisotopic (exact) mass is 402 g/mol. The molecule has 1 N–H and O–H groups in total. The Morgan fingerprint density at radius 1 is 1.21 bits per heavy atom. The summed E-state index contributed by atoms with van der Waals surface area (Å²) in [5, 5.41) is -0.515. The number of aromatic amines is 1. The third-order valence-electron chi connectivity index (χ3n) is 4.81. The minimum Gasteiger partial charge on any atom is -0.454 e. The molecular weight excluding hydrogens is 370 g/mol. The first-order chi connectivity index (χ1) is 19.2. The van der Waals surface area contributed by atoms with E-state index in [1.165, 1.54) is 0 Å². The summed E-state index contributed by atoms with van der Waals surface area (Å²) in [4.78, 5) is 30.9. The number of hydrogen-bond donors (Lipinski definition) is 1. The number of hydrogen-bond acceptors (Lipinski definition) is 4. The molecule has 146 valence electrons. The third-order valence-corrected chi connectivity index (χ3v) is 4.81. The lowest BCUT2D eigenvalue weighted by molar-refractivity contribution is -0.157. The first-order valence-electron chi connectivity index (χ1n) is 15.0. The summed E-state index contributed by atoms with van der Waals surface area (Å²) in [5.74, 6) is -3.83. The molecule has 4 heterocycles. The molecule has 0 aliphatic carbocycles. The normalized spacial score (nSPS) is 37.8. The van der Waals surface area contributed by atoms with E-state index in [0.29, 0.717) is 0 Å². The van der Waals surface area contributed by atoms with Gasteiger partial charge in [-0.1, -0.05) is 24.2 Å². The van der Waals surface area contributed by atoms with Crippen molar-refractivity contribution in [1.29, 1.82) is 0 Å². The molecule has 7 heteroatoms. The van der Waals surface area contributed by atoms with E-state index in [-0.39, 0.29) is 4.90 Å². The zero-order valence-electron chi connectivity index (χ0n) is 27.7. The van der Waals surface area contributed by atoms with E-state index in [1.54, 1.807) is 0 Å². The molecular formula is C22H19N3O4. The number of likely N-dealkylation sites (N-methyl/N-ethyl adjacent to an activating group) is 1. The fourth-order valence-corrected chi connectivity index (χ4v) is 3.51. The standard InChI is InChI=1S/C22H19N3O4/c1-24-10-19(26)25-16(22(24)27)9-14-13-4-2-3-5-15(13)23-20(14)21(25)12-6-7-17-18(8-12)29-11-28-17/h2-8,16,21,23H,9-11H2,1H3/t16-,21-/m1/s1/i2D,3D,4D,5D,6D,7D,8D,9D2,11D2,16D,21D. The zero-order chi connectivity index (χ0) is 31.2. The minimum absolute atomic E-state index is 0.234. The van der Waals surface area contributed by atoms with Gasteiger partial charge in [0, 0.05) is 32.8 Å². The van der Waals surface area contributed by atoms with Gasteiger partial charge in [-0.15, -0.1) is 0 Å². The molecule has 1 fully saturated rings. The van der Waals surface area contributed by atoms with Crippen molar-refractivity contribution in [2.24, 2.45) is 0 Å². The molecule has 0 unspecified atom stereocenters. The lowest BCUT2D eigenvalue weighted by atomic mass is 9.86. The number of piperazine rings is 1. The van der Waals surface area contributed by atoms with Crippen LogP contribution in [0.1, 0.15) is 40.7 Å². The van der Waals surface area contributed by atoms with Crippen molar-refractivity contribution in [2.45, 2.75) is 18.4 Å². The van der Waals surface area contributed by atoms with Gasteiger partial charge < -0.3 is 24.3 Å². The van der Waals surface area contributed by atoms with Crippen LogP contribution in [0.25, 0.3) is 10.9 Å². The number of nitrogens with zero attached hydrogens (tertiary/aromatic N) is 2. The number of H-pyrrole nitrogens is 1. The molecule has 3 aliphatic heterocycles. The molecule has 2 amide bonds. The van der Waals surface area contributed by atoms with Gasteiger partial charge in [-0.05, 0) is 29.3 Å². The Morgan fingerprint density at radius 3 is 2.93 bits per heavy atom. The van der Waals surface area contributed by atoms with Crippen LogP contribution >= 0.6 is 0 Å². The van der Waals surface area contributed by atoms with Crippen molar-refractivity contribution in [3.05, 3.63) is 59.1 Å². The van der Waals surface area contributed by atoms with Gasteiger partial charge in [-0.2, -0.15) is 0 Å². The van der Waals surface area contributed by atoms with Crippen LogP contribution < -0.4 is 9.47 Å². The van der Waals surface area contributed by atoms with Crippen molar-refractivity contribution in [2.75, 3.05) is 20.3 Å². The van der Waals surface area contributed by atoms with Crippen molar-refractivity contribution in [3.8, 4) is 11.5 Å². The maximum absolute atomic E-state index is 13.7. The van der Waals surface area contributed by atoms with Crippen LogP contribution in [0.4, 0.5) is 0 Å². The highest BCUT2D eigenvalue weighted by Crippen LogP contribution is 2.44. The molecule has 29 heavy (non-hydrogen) atoms. The summed E-state index contributed by atoms with van der Waals surface area (Å²) in [5.41, 5.74) is -2.75. The SMILES string of the molecule is [2H]c1c([2H])c([C@]2([2H])c3[nH]c4c([2H])c([2H])c([2H])c([2H])c4c3C([2H])([2H])[C@]3([2H])C(=O)N(C)CC(=O)N23)c([2H])c2c1OC([2H])([2H])O2. The van der Waals surface area contributed by atoms with E-state index in [2.05, 4.69) is 4.98 Å². The number of fused-ring (bicyclic) bond motifs is 5. The molecule has 0 radical (unpaired) electrons. The highest BCUT2D eigenvalue weighted by molar-refractivity contribution is 5.97. The molecule has 3 aromatic rings. The summed E-state index contributed by atoms with van der Waals surface area (Å²) in [6.07, 6.45) is -3.24. The van der Waals surface area contributed by atoms with Gasteiger partial charge in [-0.3, -0.25) is 9.59 Å². The van der Waals surface area contributed by atoms with Crippen molar-refractivity contribution >= 4 is 22.7 Å². The minimum atomic E-state index is -3.32. The quantitative estimate of drug-likeness (QED) is 0.677. The fraction of sp³-hybridized carbons (Fsp3) is 0.273. The number of carbonyl (C=O) groups is 2. The number of nitrogens with one attached hydrogen (secondary N) is 1. The second-order valence-corrected chi connectivity index (χ2v) is 6.53. The molecule has 1 saturated heterocycles. The molecule has 2 atom stereocenters. The molecule has 6 rings (SSSR count). The highest BCUT2D eigenvalue weighted by Gasteiger charge is 2.47. The van der Waals surface area contributed by atoms with E-state index >= 15 is 0 Å². The number of aromatic nitrogens is 1. The Balaban J connectivity index is 1.86. The van der Waals surface area contributed by atoms with Crippen molar-refractivity contribution in [3.63, 3.8) is 0 Å². The van der Waals surface area contributed by atoms with Gasteiger partial charge in [0.2, 0.25) is 18.6 Å². The molecule has 3 aliphatic rings. The van der Waals surface area contributed by atoms with Gasteiger partial charge in [0.05, 0.1) is 24.9 Å². The molecule has 7 nitrogen and oxygen atoms in total. The molecule has 0 spiro atoms. The number of rotatable bonds is 1. The van der Waals surface area contributed by atoms with E-state index in [0.717, 1.165) is 11.9 Å². The van der Waals surface area contributed by atoms with Gasteiger partial charge in [0.15, 0.2) is 11.5 Å². The van der Waals surface area contributed by atoms with Crippen molar-refractivity contribution < 1.29 is 36.9 Å². The average Bonchev–Trinajstić information content (AvgIpc) is 3.47. The molecule has 0 bridgehead atoms. The number of ether oxygens (including phenoxy) is 2. The average molecular weight is 402 g/mol. The lowest BCUT2D eigenvalue weighted by Crippen LogP contribution is -2.62. The number of para-hydroxylation sites is 1. The van der Waals surface area contributed by atoms with Gasteiger partial charge in [-0.25, -0.2) is 0 Å².